The lowest BCUT2D eigenvalue weighted by Crippen LogP contribution is -2.65. The number of imidazole rings is 1. The van der Waals surface area contributed by atoms with Gasteiger partial charge in [0.15, 0.2) is 5.82 Å². The summed E-state index contributed by atoms with van der Waals surface area (Å²) in [6, 6.07) is 15.2. The fourth-order valence-corrected chi connectivity index (χ4v) is 5.33. The Bertz CT molecular complexity index is 1200. The second kappa shape index (κ2) is 8.49. The highest BCUT2D eigenvalue weighted by Crippen LogP contribution is 2.33. The van der Waals surface area contributed by atoms with Crippen molar-refractivity contribution in [3.05, 3.63) is 64.9 Å². The third-order valence-corrected chi connectivity index (χ3v) is 7.58. The van der Waals surface area contributed by atoms with Crippen LogP contribution in [0.2, 0.25) is 5.02 Å². The molecule has 7 heteroatoms. The van der Waals surface area contributed by atoms with Crippen LogP contribution in [0.5, 0.6) is 0 Å². The van der Waals surface area contributed by atoms with Crippen molar-refractivity contribution < 1.29 is 9.59 Å². The minimum absolute atomic E-state index is 0.105. The van der Waals surface area contributed by atoms with E-state index in [-0.39, 0.29) is 17.9 Å². The van der Waals surface area contributed by atoms with Crippen molar-refractivity contribution >= 4 is 34.4 Å². The number of rotatable bonds is 4. The average Bonchev–Trinajstić information content (AvgIpc) is 3.18. The zero-order valence-electron chi connectivity index (χ0n) is 19.1. The van der Waals surface area contributed by atoms with Gasteiger partial charge in [-0.15, -0.1) is 0 Å². The third kappa shape index (κ3) is 3.90. The van der Waals surface area contributed by atoms with Crippen LogP contribution in [0, 0.1) is 5.92 Å². The van der Waals surface area contributed by atoms with E-state index in [1.807, 2.05) is 60.0 Å². The average molecular weight is 465 g/mol. The zero-order chi connectivity index (χ0) is 23.2. The summed E-state index contributed by atoms with van der Waals surface area (Å²) in [6.45, 7) is 4.74. The molecule has 2 amide bonds. The first-order valence-electron chi connectivity index (χ1n) is 11.7. The summed E-state index contributed by atoms with van der Waals surface area (Å²) >= 11 is 6.07. The number of amides is 2. The predicted molar refractivity (Wildman–Crippen MR) is 129 cm³/mol. The number of halogens is 1. The molecular weight excluding hydrogens is 436 g/mol. The van der Waals surface area contributed by atoms with Gasteiger partial charge in [0, 0.05) is 17.6 Å². The summed E-state index contributed by atoms with van der Waals surface area (Å²) in [5.41, 5.74) is 1.50. The Morgan fingerprint density at radius 3 is 2.64 bits per heavy atom. The van der Waals surface area contributed by atoms with Gasteiger partial charge in [0.25, 0.3) is 5.91 Å². The number of benzene rings is 2. The molecule has 2 heterocycles. The van der Waals surface area contributed by atoms with E-state index < -0.39 is 5.54 Å². The Morgan fingerprint density at radius 1 is 1.15 bits per heavy atom. The Kier molecular flexibility index (Phi) is 5.65. The molecule has 2 aliphatic rings. The minimum atomic E-state index is -1.05. The highest BCUT2D eigenvalue weighted by molar-refractivity contribution is 6.30. The molecule has 0 saturated heterocycles. The zero-order valence-corrected chi connectivity index (χ0v) is 19.8. The van der Waals surface area contributed by atoms with Crippen LogP contribution in [-0.2, 0) is 17.9 Å². The molecule has 6 nitrogen and oxygen atoms in total. The summed E-state index contributed by atoms with van der Waals surface area (Å²) in [4.78, 5) is 33.9. The van der Waals surface area contributed by atoms with Crippen LogP contribution in [0.3, 0.4) is 0 Å². The summed E-state index contributed by atoms with van der Waals surface area (Å²) in [5, 5.41) is 3.94. The summed E-state index contributed by atoms with van der Waals surface area (Å²) in [6.07, 6.45) is 4.42. The molecule has 0 bridgehead atoms. The molecule has 1 aromatic heterocycles. The first-order chi connectivity index (χ1) is 15.9. The molecule has 1 aliphatic carbocycles. The van der Waals surface area contributed by atoms with E-state index in [0.29, 0.717) is 29.9 Å². The first-order valence-corrected chi connectivity index (χ1v) is 12.1. The molecule has 5 rings (SSSR count). The molecule has 172 valence electrons. The monoisotopic (exact) mass is 464 g/mol. The Balaban J connectivity index is 1.54. The van der Waals surface area contributed by atoms with Crippen molar-refractivity contribution in [2.24, 2.45) is 5.92 Å². The fraction of sp³-hybridized carbons (Fsp3) is 0.423. The fourth-order valence-electron chi connectivity index (χ4n) is 5.20. The maximum absolute atomic E-state index is 13.8. The van der Waals surface area contributed by atoms with Crippen molar-refractivity contribution in [1.29, 1.82) is 0 Å². The van der Waals surface area contributed by atoms with Crippen LogP contribution in [0.1, 0.15) is 55.7 Å². The van der Waals surface area contributed by atoms with Crippen LogP contribution < -0.4 is 5.32 Å². The van der Waals surface area contributed by atoms with Crippen molar-refractivity contribution in [1.82, 2.24) is 19.8 Å². The first kappa shape index (κ1) is 22.0. The highest BCUT2D eigenvalue weighted by atomic mass is 35.5. The number of nitrogens with one attached hydrogen (secondary N) is 1. The second-order valence-electron chi connectivity index (χ2n) is 9.64. The number of fused-ring (bicyclic) bond motifs is 3. The van der Waals surface area contributed by atoms with E-state index in [4.69, 9.17) is 11.6 Å². The number of hydrogen-bond donors (Lipinski definition) is 1. The highest BCUT2D eigenvalue weighted by Gasteiger charge is 2.49. The Morgan fingerprint density at radius 2 is 1.88 bits per heavy atom. The van der Waals surface area contributed by atoms with E-state index >= 15 is 0 Å². The Hall–Kier alpha value is -2.86. The topological polar surface area (TPSA) is 67.2 Å². The molecule has 3 atom stereocenters. The third-order valence-electron chi connectivity index (χ3n) is 7.32. The van der Waals surface area contributed by atoms with Crippen molar-refractivity contribution in [2.75, 3.05) is 0 Å². The van der Waals surface area contributed by atoms with Crippen LogP contribution in [0.15, 0.2) is 48.5 Å². The van der Waals surface area contributed by atoms with Crippen molar-refractivity contribution in [3.8, 4) is 0 Å². The van der Waals surface area contributed by atoms with Crippen molar-refractivity contribution in [2.45, 2.75) is 64.2 Å². The van der Waals surface area contributed by atoms with Gasteiger partial charge in [-0.2, -0.15) is 0 Å². The van der Waals surface area contributed by atoms with Gasteiger partial charge in [0.05, 0.1) is 17.6 Å². The molecule has 0 radical (unpaired) electrons. The normalized spacial score (nSPS) is 25.2. The van der Waals surface area contributed by atoms with E-state index in [1.165, 1.54) is 6.42 Å². The molecule has 0 unspecified atom stereocenters. The molecule has 1 fully saturated rings. The second-order valence-corrected chi connectivity index (χ2v) is 10.1. The van der Waals surface area contributed by atoms with Crippen LogP contribution in [0.4, 0.5) is 0 Å². The lowest BCUT2D eigenvalue weighted by atomic mass is 9.85. The number of carbonyl (C=O) groups is 2. The molecule has 2 aromatic carbocycles. The van der Waals surface area contributed by atoms with Gasteiger partial charge in [-0.1, -0.05) is 55.6 Å². The SMILES string of the molecule is C[C@@H]1CCCC[C@@H]1NC(=O)[C@]1(C)Cn2c(nc3ccccc32)C(=O)N1Cc1ccc(Cl)cc1. The minimum Gasteiger partial charge on any atom is -0.351 e. The lowest BCUT2D eigenvalue weighted by Gasteiger charge is -2.44. The van der Waals surface area contributed by atoms with Gasteiger partial charge < -0.3 is 14.8 Å². The molecule has 3 aromatic rings. The van der Waals surface area contributed by atoms with Gasteiger partial charge in [-0.05, 0) is 55.5 Å². The molecular formula is C26H29ClN4O2. The molecule has 0 spiro atoms. The predicted octanol–water partition coefficient (Wildman–Crippen LogP) is 4.80. The van der Waals surface area contributed by atoms with Gasteiger partial charge in [-0.3, -0.25) is 9.59 Å². The number of aromatic nitrogens is 2. The van der Waals surface area contributed by atoms with Gasteiger partial charge in [-0.25, -0.2) is 4.98 Å². The molecule has 1 saturated carbocycles. The van der Waals surface area contributed by atoms with Crippen LogP contribution >= 0.6 is 11.6 Å². The number of nitrogens with zero attached hydrogens (tertiary/aromatic N) is 3. The Labute approximate surface area is 198 Å². The van der Waals surface area contributed by atoms with Crippen LogP contribution in [-0.4, -0.2) is 37.8 Å². The largest absolute Gasteiger partial charge is 0.351 e. The standard InChI is InChI=1S/C26H29ClN4O2/c1-17-7-3-4-8-20(17)29-25(33)26(2)16-30-22-10-6-5-9-21(22)28-23(30)24(32)31(26)15-18-11-13-19(27)14-12-18/h5-6,9-14,17,20H,3-4,7-8,15-16H2,1-2H3,(H,29,33)/t17-,20+,26+/m1/s1. The van der Waals surface area contributed by atoms with E-state index in [2.05, 4.69) is 17.2 Å². The summed E-state index contributed by atoms with van der Waals surface area (Å²) in [7, 11) is 0. The quantitative estimate of drug-likeness (QED) is 0.603. The maximum Gasteiger partial charge on any atom is 0.291 e. The van der Waals surface area contributed by atoms with E-state index in [1.54, 1.807) is 4.90 Å². The van der Waals surface area contributed by atoms with E-state index in [0.717, 1.165) is 35.9 Å². The number of para-hydroxylation sites is 2. The number of carbonyl (C=O) groups excluding carboxylic acids is 2. The van der Waals surface area contributed by atoms with Gasteiger partial charge in [0.2, 0.25) is 5.91 Å². The van der Waals surface area contributed by atoms with E-state index in [9.17, 15) is 9.59 Å². The van der Waals surface area contributed by atoms with Crippen molar-refractivity contribution in [3.63, 3.8) is 0 Å². The molecule has 1 N–H and O–H groups in total. The maximum atomic E-state index is 13.8. The number of hydrogen-bond acceptors (Lipinski definition) is 3. The lowest BCUT2D eigenvalue weighted by molar-refractivity contribution is -0.134. The summed E-state index contributed by atoms with van der Waals surface area (Å²) in [5.74, 6) is 0.468. The summed E-state index contributed by atoms with van der Waals surface area (Å²) < 4.78 is 1.90. The van der Waals surface area contributed by atoms with Crippen LogP contribution in [0.25, 0.3) is 11.0 Å². The van der Waals surface area contributed by atoms with Gasteiger partial charge in [0.1, 0.15) is 5.54 Å². The molecule has 33 heavy (non-hydrogen) atoms. The smallest absolute Gasteiger partial charge is 0.291 e. The van der Waals surface area contributed by atoms with Gasteiger partial charge >= 0.3 is 0 Å². The molecule has 1 aliphatic heterocycles.